The van der Waals surface area contributed by atoms with Crippen LogP contribution in [0.4, 0.5) is 0 Å². The molecule has 1 amide bonds. The molecular formula is C13H18N4OS. The Hall–Kier alpha value is -1.69. The summed E-state index contributed by atoms with van der Waals surface area (Å²) in [5, 5.41) is 3.95. The molecule has 6 heteroatoms. The van der Waals surface area contributed by atoms with E-state index in [2.05, 4.69) is 15.3 Å². The molecule has 1 atom stereocenters. The predicted molar refractivity (Wildman–Crippen MR) is 75.3 cm³/mol. The summed E-state index contributed by atoms with van der Waals surface area (Å²) >= 11 is 1.64. The van der Waals surface area contributed by atoms with E-state index in [9.17, 15) is 4.79 Å². The van der Waals surface area contributed by atoms with Crippen LogP contribution in [0, 0.1) is 13.8 Å². The van der Waals surface area contributed by atoms with Crippen LogP contribution in [-0.4, -0.2) is 20.4 Å². The van der Waals surface area contributed by atoms with Crippen LogP contribution in [0.2, 0.25) is 0 Å². The van der Waals surface area contributed by atoms with E-state index in [-0.39, 0.29) is 11.9 Å². The van der Waals surface area contributed by atoms with Crippen LogP contribution in [0.15, 0.2) is 12.4 Å². The lowest BCUT2D eigenvalue weighted by atomic mass is 10.2. The molecular weight excluding hydrogens is 260 g/mol. The van der Waals surface area contributed by atoms with Crippen molar-refractivity contribution in [1.29, 1.82) is 0 Å². The third-order valence-corrected chi connectivity index (χ3v) is 4.27. The van der Waals surface area contributed by atoms with Crippen molar-refractivity contribution in [2.75, 3.05) is 0 Å². The van der Waals surface area contributed by atoms with Crippen molar-refractivity contribution in [2.24, 2.45) is 7.05 Å². The molecule has 1 N–H and O–H groups in total. The highest BCUT2D eigenvalue weighted by molar-refractivity contribution is 7.11. The highest BCUT2D eigenvalue weighted by Gasteiger charge is 2.20. The van der Waals surface area contributed by atoms with Gasteiger partial charge in [0.1, 0.15) is 5.01 Å². The number of nitrogens with one attached hydrogen (secondary N) is 1. The maximum absolute atomic E-state index is 12.1. The summed E-state index contributed by atoms with van der Waals surface area (Å²) in [5.41, 5.74) is 1.03. The average Bonchev–Trinajstić information content (AvgIpc) is 2.93. The number of rotatable bonds is 4. The molecule has 0 spiro atoms. The Balaban J connectivity index is 2.16. The van der Waals surface area contributed by atoms with Gasteiger partial charge in [0.05, 0.1) is 11.7 Å². The van der Waals surface area contributed by atoms with Gasteiger partial charge in [0.15, 0.2) is 5.82 Å². The van der Waals surface area contributed by atoms with Crippen LogP contribution in [0.1, 0.15) is 45.6 Å². The first-order valence-corrected chi connectivity index (χ1v) is 7.06. The molecule has 0 fully saturated rings. The molecule has 0 aliphatic rings. The fourth-order valence-electron chi connectivity index (χ4n) is 1.79. The van der Waals surface area contributed by atoms with E-state index < -0.39 is 0 Å². The molecule has 0 unspecified atom stereocenters. The number of thiazole rings is 1. The van der Waals surface area contributed by atoms with E-state index >= 15 is 0 Å². The zero-order valence-corrected chi connectivity index (χ0v) is 12.4. The van der Waals surface area contributed by atoms with Gasteiger partial charge in [0, 0.05) is 24.3 Å². The van der Waals surface area contributed by atoms with E-state index in [1.165, 1.54) is 4.88 Å². The average molecular weight is 278 g/mol. The van der Waals surface area contributed by atoms with E-state index in [0.29, 0.717) is 5.82 Å². The van der Waals surface area contributed by atoms with Crippen molar-refractivity contribution >= 4 is 17.2 Å². The summed E-state index contributed by atoms with van der Waals surface area (Å²) in [4.78, 5) is 21.9. The number of amides is 1. The molecule has 2 aromatic heterocycles. The Kier molecular flexibility index (Phi) is 3.99. The monoisotopic (exact) mass is 278 g/mol. The molecule has 2 rings (SSSR count). The van der Waals surface area contributed by atoms with Crippen molar-refractivity contribution in [1.82, 2.24) is 19.9 Å². The van der Waals surface area contributed by atoms with Crippen molar-refractivity contribution in [2.45, 2.75) is 33.2 Å². The minimum atomic E-state index is -0.162. The van der Waals surface area contributed by atoms with Crippen LogP contribution >= 0.6 is 11.3 Å². The summed E-state index contributed by atoms with van der Waals surface area (Å²) in [6.07, 6.45) is 4.18. The van der Waals surface area contributed by atoms with E-state index in [1.807, 2.05) is 20.8 Å². The van der Waals surface area contributed by atoms with Gasteiger partial charge in [-0.25, -0.2) is 9.97 Å². The molecule has 0 aromatic carbocycles. The zero-order valence-electron chi connectivity index (χ0n) is 11.6. The van der Waals surface area contributed by atoms with Gasteiger partial charge in [-0.2, -0.15) is 0 Å². The number of nitrogens with zero attached hydrogens (tertiary/aromatic N) is 3. The lowest BCUT2D eigenvalue weighted by molar-refractivity contribution is 0.0922. The van der Waals surface area contributed by atoms with E-state index in [1.54, 1.807) is 35.3 Å². The Morgan fingerprint density at radius 3 is 2.74 bits per heavy atom. The van der Waals surface area contributed by atoms with E-state index in [0.717, 1.165) is 17.1 Å². The van der Waals surface area contributed by atoms with Gasteiger partial charge >= 0.3 is 0 Å². The van der Waals surface area contributed by atoms with Gasteiger partial charge in [-0.05, 0) is 20.3 Å². The molecule has 0 aliphatic heterocycles. The zero-order chi connectivity index (χ0) is 14.0. The summed E-state index contributed by atoms with van der Waals surface area (Å²) in [6, 6.07) is -0.0541. The second kappa shape index (κ2) is 5.52. The second-order valence-electron chi connectivity index (χ2n) is 4.49. The number of hydrogen-bond donors (Lipinski definition) is 1. The van der Waals surface area contributed by atoms with Gasteiger partial charge in [-0.3, -0.25) is 4.79 Å². The van der Waals surface area contributed by atoms with Gasteiger partial charge in [0.25, 0.3) is 5.91 Å². The van der Waals surface area contributed by atoms with Crippen LogP contribution in [0.5, 0.6) is 0 Å². The first kappa shape index (κ1) is 13.7. The number of aromatic nitrogens is 3. The quantitative estimate of drug-likeness (QED) is 0.934. The largest absolute Gasteiger partial charge is 0.340 e. The summed E-state index contributed by atoms with van der Waals surface area (Å²) in [5.74, 6) is 0.258. The molecule has 19 heavy (non-hydrogen) atoms. The van der Waals surface area contributed by atoms with Crippen molar-refractivity contribution < 1.29 is 4.79 Å². The Labute approximate surface area is 116 Å². The van der Waals surface area contributed by atoms with Crippen LogP contribution in [0.3, 0.4) is 0 Å². The fourth-order valence-corrected chi connectivity index (χ4v) is 2.85. The lowest BCUT2D eigenvalue weighted by Gasteiger charge is -2.14. The third-order valence-electron chi connectivity index (χ3n) is 3.08. The summed E-state index contributed by atoms with van der Waals surface area (Å²) in [6.45, 7) is 6.07. The van der Waals surface area contributed by atoms with Gasteiger partial charge in [-0.15, -0.1) is 11.3 Å². The van der Waals surface area contributed by atoms with Gasteiger partial charge in [0.2, 0.25) is 0 Å². The second-order valence-corrected chi connectivity index (χ2v) is 5.72. The summed E-state index contributed by atoms with van der Waals surface area (Å²) in [7, 11) is 1.81. The standard InChI is InChI=1S/C13H18N4OS/c1-5-10(13-15-8(2)9(3)19-13)16-12(18)11-14-6-7-17(11)4/h6-7,10H,5H2,1-4H3,(H,16,18)/t10-/m0/s1. The number of aryl methyl sites for hydroxylation is 3. The van der Waals surface area contributed by atoms with Crippen LogP contribution in [-0.2, 0) is 7.05 Å². The molecule has 2 aromatic rings. The normalized spacial score (nSPS) is 12.4. The van der Waals surface area contributed by atoms with Crippen molar-refractivity contribution in [3.8, 4) is 0 Å². The van der Waals surface area contributed by atoms with Gasteiger partial charge < -0.3 is 9.88 Å². The molecule has 0 saturated heterocycles. The third kappa shape index (κ3) is 2.84. The minimum Gasteiger partial charge on any atom is -0.340 e. The summed E-state index contributed by atoms with van der Waals surface area (Å²) < 4.78 is 1.71. The lowest BCUT2D eigenvalue weighted by Crippen LogP contribution is -2.30. The van der Waals surface area contributed by atoms with Gasteiger partial charge in [-0.1, -0.05) is 6.92 Å². The highest BCUT2D eigenvalue weighted by Crippen LogP contribution is 2.25. The molecule has 0 saturated carbocycles. The SMILES string of the molecule is CC[C@H](NC(=O)c1nccn1C)c1nc(C)c(C)s1. The number of imidazole rings is 1. The molecule has 0 radical (unpaired) electrons. The highest BCUT2D eigenvalue weighted by atomic mass is 32.1. The van der Waals surface area contributed by atoms with Crippen molar-refractivity contribution in [3.63, 3.8) is 0 Å². The maximum atomic E-state index is 12.1. The molecule has 5 nitrogen and oxygen atoms in total. The molecule has 0 bridgehead atoms. The molecule has 2 heterocycles. The first-order chi connectivity index (χ1) is 9.02. The predicted octanol–water partition coefficient (Wildman–Crippen LogP) is 2.37. The number of carbonyl (C=O) groups excluding carboxylic acids is 1. The fraction of sp³-hybridized carbons (Fsp3) is 0.462. The first-order valence-electron chi connectivity index (χ1n) is 6.25. The minimum absolute atomic E-state index is 0.0541. The number of carbonyl (C=O) groups is 1. The van der Waals surface area contributed by atoms with Crippen LogP contribution < -0.4 is 5.32 Å². The Morgan fingerprint density at radius 2 is 2.26 bits per heavy atom. The topological polar surface area (TPSA) is 59.8 Å². The smallest absolute Gasteiger partial charge is 0.287 e. The Morgan fingerprint density at radius 1 is 1.53 bits per heavy atom. The molecule has 102 valence electrons. The Bertz CT molecular complexity index is 568. The number of hydrogen-bond acceptors (Lipinski definition) is 4. The van der Waals surface area contributed by atoms with Crippen molar-refractivity contribution in [3.05, 3.63) is 33.8 Å². The molecule has 0 aliphatic carbocycles. The maximum Gasteiger partial charge on any atom is 0.287 e. The van der Waals surface area contributed by atoms with E-state index in [4.69, 9.17) is 0 Å². The van der Waals surface area contributed by atoms with Crippen LogP contribution in [0.25, 0.3) is 0 Å².